The molecule has 6 heteroatoms. The van der Waals surface area contributed by atoms with Crippen molar-refractivity contribution >= 4 is 5.91 Å². The fourth-order valence-corrected chi connectivity index (χ4v) is 4.07. The highest BCUT2D eigenvalue weighted by Gasteiger charge is 2.40. The first-order valence-corrected chi connectivity index (χ1v) is 9.07. The van der Waals surface area contributed by atoms with Crippen molar-refractivity contribution in [3.05, 3.63) is 35.4 Å². The molecule has 0 saturated carbocycles. The van der Waals surface area contributed by atoms with Gasteiger partial charge < -0.3 is 10.0 Å². The van der Waals surface area contributed by atoms with E-state index in [1.165, 1.54) is 0 Å². The highest BCUT2D eigenvalue weighted by molar-refractivity contribution is 5.77. The lowest BCUT2D eigenvalue weighted by Gasteiger charge is -2.47. The van der Waals surface area contributed by atoms with Gasteiger partial charge in [-0.3, -0.25) is 9.69 Å². The second kappa shape index (κ2) is 7.79. The summed E-state index contributed by atoms with van der Waals surface area (Å²) in [5.41, 5.74) is 0.541. The first kappa shape index (κ1) is 18.3. The Morgan fingerprint density at radius 3 is 2.64 bits per heavy atom. The topological polar surface area (TPSA) is 43.8 Å². The standard InChI is InChI=1S/C19H26F2N2O2/c20-16-4-1-3-15(18(16)21)13-22-10-7-19(8-11-22)6-5-17(25)23(14-19)9-2-12-24/h1,3-4,24H,2,5-14H2. The number of hydrogen-bond donors (Lipinski definition) is 1. The quantitative estimate of drug-likeness (QED) is 0.886. The number of hydrogen-bond acceptors (Lipinski definition) is 3. The van der Waals surface area contributed by atoms with E-state index in [4.69, 9.17) is 5.11 Å². The highest BCUT2D eigenvalue weighted by atomic mass is 19.2. The van der Waals surface area contributed by atoms with Gasteiger partial charge in [-0.25, -0.2) is 8.78 Å². The molecule has 2 aliphatic rings. The maximum Gasteiger partial charge on any atom is 0.222 e. The smallest absolute Gasteiger partial charge is 0.222 e. The molecule has 3 rings (SSSR count). The van der Waals surface area contributed by atoms with Gasteiger partial charge >= 0.3 is 0 Å². The lowest BCUT2D eigenvalue weighted by atomic mass is 9.72. The van der Waals surface area contributed by atoms with Crippen molar-refractivity contribution < 1.29 is 18.7 Å². The summed E-state index contributed by atoms with van der Waals surface area (Å²) in [5.74, 6) is -1.36. The fourth-order valence-electron chi connectivity index (χ4n) is 4.07. The van der Waals surface area contributed by atoms with Crippen molar-refractivity contribution in [3.63, 3.8) is 0 Å². The van der Waals surface area contributed by atoms with E-state index in [0.717, 1.165) is 45.0 Å². The number of rotatable bonds is 5. The second-order valence-electron chi connectivity index (χ2n) is 7.38. The third-order valence-electron chi connectivity index (χ3n) is 5.68. The highest BCUT2D eigenvalue weighted by Crippen LogP contribution is 2.40. The Labute approximate surface area is 147 Å². The Morgan fingerprint density at radius 1 is 1.16 bits per heavy atom. The van der Waals surface area contributed by atoms with Gasteiger partial charge in [0.15, 0.2) is 11.6 Å². The van der Waals surface area contributed by atoms with E-state index >= 15 is 0 Å². The number of amides is 1. The first-order valence-electron chi connectivity index (χ1n) is 9.07. The van der Waals surface area contributed by atoms with Gasteiger partial charge in [0.25, 0.3) is 0 Å². The van der Waals surface area contributed by atoms with Crippen molar-refractivity contribution in [2.45, 2.75) is 38.6 Å². The number of aliphatic hydroxyl groups is 1. The fraction of sp³-hybridized carbons (Fsp3) is 0.632. The second-order valence-corrected chi connectivity index (χ2v) is 7.38. The van der Waals surface area contributed by atoms with Gasteiger partial charge in [0, 0.05) is 38.2 Å². The van der Waals surface area contributed by atoms with Crippen LogP contribution in [0.3, 0.4) is 0 Å². The molecule has 1 aromatic carbocycles. The minimum atomic E-state index is -0.795. The summed E-state index contributed by atoms with van der Waals surface area (Å²) in [5, 5.41) is 9.00. The molecule has 0 aliphatic carbocycles. The van der Waals surface area contributed by atoms with Gasteiger partial charge in [-0.1, -0.05) is 12.1 Å². The van der Waals surface area contributed by atoms with E-state index < -0.39 is 11.6 Å². The summed E-state index contributed by atoms with van der Waals surface area (Å²) in [6, 6.07) is 4.33. The van der Waals surface area contributed by atoms with E-state index in [2.05, 4.69) is 4.90 Å². The van der Waals surface area contributed by atoms with E-state index in [-0.39, 0.29) is 17.9 Å². The van der Waals surface area contributed by atoms with Gasteiger partial charge in [0.2, 0.25) is 5.91 Å². The van der Waals surface area contributed by atoms with Crippen molar-refractivity contribution in [3.8, 4) is 0 Å². The van der Waals surface area contributed by atoms with Crippen LogP contribution in [0.4, 0.5) is 8.78 Å². The van der Waals surface area contributed by atoms with E-state index in [0.29, 0.717) is 31.5 Å². The molecule has 1 aromatic rings. The van der Waals surface area contributed by atoms with Crippen LogP contribution in [0, 0.1) is 17.0 Å². The minimum Gasteiger partial charge on any atom is -0.396 e. The van der Waals surface area contributed by atoms with Crippen molar-refractivity contribution in [1.29, 1.82) is 0 Å². The van der Waals surface area contributed by atoms with Crippen molar-refractivity contribution in [2.75, 3.05) is 32.8 Å². The summed E-state index contributed by atoms with van der Waals surface area (Å²) in [6.45, 7) is 3.57. The normalized spacial score (nSPS) is 21.1. The number of halogens is 2. The van der Waals surface area contributed by atoms with Crippen LogP contribution in [0.2, 0.25) is 0 Å². The number of benzene rings is 1. The molecule has 2 aliphatic heterocycles. The van der Waals surface area contributed by atoms with Gasteiger partial charge in [-0.2, -0.15) is 0 Å². The molecule has 0 aromatic heterocycles. The zero-order valence-corrected chi connectivity index (χ0v) is 14.5. The number of piperidine rings is 2. The van der Waals surface area contributed by atoms with E-state index in [9.17, 15) is 13.6 Å². The lowest BCUT2D eigenvalue weighted by molar-refractivity contribution is -0.139. The SMILES string of the molecule is O=C1CCC2(CCN(Cc3cccc(F)c3F)CC2)CN1CCCO. The third-order valence-corrected chi connectivity index (χ3v) is 5.68. The molecule has 1 spiro atoms. The van der Waals surface area contributed by atoms with Crippen LogP contribution in [-0.2, 0) is 11.3 Å². The molecule has 138 valence electrons. The summed E-state index contributed by atoms with van der Waals surface area (Å²) < 4.78 is 27.2. The molecule has 4 nitrogen and oxygen atoms in total. The van der Waals surface area contributed by atoms with Crippen LogP contribution < -0.4 is 0 Å². The molecule has 0 unspecified atom stereocenters. The third kappa shape index (κ3) is 4.18. The summed E-state index contributed by atoms with van der Waals surface area (Å²) in [7, 11) is 0. The number of carbonyl (C=O) groups excluding carboxylic acids is 1. The minimum absolute atomic E-state index is 0.101. The first-order chi connectivity index (χ1) is 12.0. The molecule has 0 atom stereocenters. The Kier molecular flexibility index (Phi) is 5.69. The molecule has 0 radical (unpaired) electrons. The van der Waals surface area contributed by atoms with Crippen LogP contribution in [0.25, 0.3) is 0 Å². The number of likely N-dealkylation sites (tertiary alicyclic amines) is 2. The monoisotopic (exact) mass is 352 g/mol. The number of aliphatic hydroxyl groups excluding tert-OH is 1. The largest absolute Gasteiger partial charge is 0.396 e. The lowest BCUT2D eigenvalue weighted by Crippen LogP contribution is -2.51. The Hall–Kier alpha value is -1.53. The summed E-state index contributed by atoms with van der Waals surface area (Å²) >= 11 is 0. The van der Waals surface area contributed by atoms with Crippen molar-refractivity contribution in [1.82, 2.24) is 9.80 Å². The Bertz CT molecular complexity index is 615. The van der Waals surface area contributed by atoms with Crippen LogP contribution >= 0.6 is 0 Å². The molecule has 2 heterocycles. The average Bonchev–Trinajstić information content (AvgIpc) is 2.62. The zero-order chi connectivity index (χ0) is 17.9. The van der Waals surface area contributed by atoms with Crippen LogP contribution in [0.5, 0.6) is 0 Å². The predicted octanol–water partition coefficient (Wildman–Crippen LogP) is 2.55. The molecule has 2 fully saturated rings. The van der Waals surface area contributed by atoms with Gasteiger partial charge in [-0.15, -0.1) is 0 Å². The molecule has 1 amide bonds. The molecule has 1 N–H and O–H groups in total. The van der Waals surface area contributed by atoms with Gasteiger partial charge in [0.1, 0.15) is 0 Å². The predicted molar refractivity (Wildman–Crippen MR) is 90.8 cm³/mol. The molecular formula is C19H26F2N2O2. The number of carbonyl (C=O) groups is 1. The van der Waals surface area contributed by atoms with Gasteiger partial charge in [0.05, 0.1) is 0 Å². The van der Waals surface area contributed by atoms with Gasteiger partial charge in [-0.05, 0) is 50.3 Å². The Balaban J connectivity index is 1.57. The molecule has 25 heavy (non-hydrogen) atoms. The Morgan fingerprint density at radius 2 is 1.92 bits per heavy atom. The average molecular weight is 352 g/mol. The summed E-state index contributed by atoms with van der Waals surface area (Å²) in [6.07, 6.45) is 4.03. The molecule has 0 bridgehead atoms. The van der Waals surface area contributed by atoms with E-state index in [1.807, 2.05) is 4.90 Å². The van der Waals surface area contributed by atoms with Crippen LogP contribution in [0.1, 0.15) is 37.7 Å². The van der Waals surface area contributed by atoms with Crippen LogP contribution in [0.15, 0.2) is 18.2 Å². The summed E-state index contributed by atoms with van der Waals surface area (Å²) in [4.78, 5) is 16.1. The zero-order valence-electron chi connectivity index (χ0n) is 14.5. The number of nitrogens with zero attached hydrogens (tertiary/aromatic N) is 2. The van der Waals surface area contributed by atoms with E-state index in [1.54, 1.807) is 12.1 Å². The molecular weight excluding hydrogens is 326 g/mol. The maximum atomic E-state index is 13.9. The van der Waals surface area contributed by atoms with Crippen molar-refractivity contribution in [2.24, 2.45) is 5.41 Å². The molecule has 2 saturated heterocycles. The maximum absolute atomic E-state index is 13.9. The van der Waals surface area contributed by atoms with Crippen LogP contribution in [-0.4, -0.2) is 53.6 Å².